The van der Waals surface area contributed by atoms with Crippen molar-refractivity contribution in [2.24, 2.45) is 0 Å². The fourth-order valence-corrected chi connectivity index (χ4v) is 5.59. The van der Waals surface area contributed by atoms with E-state index < -0.39 is 17.6 Å². The van der Waals surface area contributed by atoms with Crippen LogP contribution in [0.2, 0.25) is 5.02 Å². The van der Waals surface area contributed by atoms with E-state index in [0.717, 1.165) is 23.8 Å². The van der Waals surface area contributed by atoms with Gasteiger partial charge in [0.15, 0.2) is 5.82 Å². The molecule has 15 heteroatoms. The minimum Gasteiger partial charge on any atom is -0.472 e. The lowest BCUT2D eigenvalue weighted by molar-refractivity contribution is -0.139. The lowest BCUT2D eigenvalue weighted by Crippen LogP contribution is -2.34. The van der Waals surface area contributed by atoms with Crippen LogP contribution in [-0.4, -0.2) is 58.9 Å². The second-order valence-electron chi connectivity index (χ2n) is 10.9. The lowest BCUT2D eigenvalue weighted by atomic mass is 10.0. The summed E-state index contributed by atoms with van der Waals surface area (Å²) in [6, 6.07) is 11.5. The zero-order valence-corrected chi connectivity index (χ0v) is 24.4. The monoisotopic (exact) mass is 635 g/mol. The maximum Gasteiger partial charge on any atom is 0.421 e. The number of nitriles is 1. The van der Waals surface area contributed by atoms with Crippen LogP contribution >= 0.6 is 11.6 Å². The van der Waals surface area contributed by atoms with E-state index in [-0.39, 0.29) is 18.5 Å². The summed E-state index contributed by atoms with van der Waals surface area (Å²) in [7, 11) is 0. The van der Waals surface area contributed by atoms with Gasteiger partial charge in [-0.1, -0.05) is 23.7 Å². The Labute approximate surface area is 259 Å². The number of alkyl halides is 3. The molecule has 0 bridgehead atoms. The molecule has 1 aromatic carbocycles. The number of H-pyrrole nitrogens is 1. The van der Waals surface area contributed by atoms with Gasteiger partial charge in [-0.05, 0) is 48.2 Å². The van der Waals surface area contributed by atoms with E-state index in [2.05, 4.69) is 34.6 Å². The Balaban J connectivity index is 1.16. The number of halogens is 4. The van der Waals surface area contributed by atoms with Crippen molar-refractivity contribution in [2.45, 2.75) is 51.4 Å². The van der Waals surface area contributed by atoms with Gasteiger partial charge in [0.2, 0.25) is 5.88 Å². The molecule has 0 radical (unpaired) electrons. The minimum absolute atomic E-state index is 0.0140. The van der Waals surface area contributed by atoms with Crippen molar-refractivity contribution in [1.82, 2.24) is 39.6 Å². The molecular weight excluding hydrogens is 611 g/mol. The fourth-order valence-electron chi connectivity index (χ4n) is 5.46. The molecule has 7 rings (SSSR count). The van der Waals surface area contributed by atoms with E-state index in [0.29, 0.717) is 78.1 Å². The summed E-state index contributed by atoms with van der Waals surface area (Å²) < 4.78 is 55.4. The summed E-state index contributed by atoms with van der Waals surface area (Å²) in [5.41, 5.74) is 2.87. The second kappa shape index (κ2) is 11.7. The number of aromatic amines is 1. The van der Waals surface area contributed by atoms with Crippen molar-refractivity contribution in [3.8, 4) is 23.5 Å². The summed E-state index contributed by atoms with van der Waals surface area (Å²) in [4.78, 5) is 20.1. The number of aromatic nitrogens is 7. The SMILES string of the molecule is N#Cc1n[nH]c(-c2cc3nc(CN4CCc5cc(C(F)(F)F)c(OCc6ccc(Cl)cc6)nc5C4)n(C[C@@H]4CCO4)c3cn2)n1. The first-order valence-corrected chi connectivity index (χ1v) is 14.6. The Bertz CT molecular complexity index is 1910. The highest BCUT2D eigenvalue weighted by molar-refractivity contribution is 6.30. The van der Waals surface area contributed by atoms with Crippen LogP contribution in [0.3, 0.4) is 0 Å². The molecule has 5 aromatic rings. The number of hydrogen-bond donors (Lipinski definition) is 1. The zero-order valence-electron chi connectivity index (χ0n) is 23.7. The number of imidazole rings is 1. The van der Waals surface area contributed by atoms with Gasteiger partial charge in [-0.3, -0.25) is 15.0 Å². The molecule has 45 heavy (non-hydrogen) atoms. The molecule has 0 spiro atoms. The number of benzene rings is 1. The topological polar surface area (TPSA) is 131 Å². The van der Waals surface area contributed by atoms with E-state index in [9.17, 15) is 13.2 Å². The summed E-state index contributed by atoms with van der Waals surface area (Å²) in [6.07, 6.45) is -1.52. The van der Waals surface area contributed by atoms with E-state index in [1.54, 1.807) is 36.5 Å². The van der Waals surface area contributed by atoms with Crippen LogP contribution in [0.4, 0.5) is 13.2 Å². The minimum atomic E-state index is -4.61. The van der Waals surface area contributed by atoms with E-state index >= 15 is 0 Å². The average Bonchev–Trinajstić information content (AvgIpc) is 3.62. The van der Waals surface area contributed by atoms with E-state index in [1.807, 2.05) is 6.07 Å². The van der Waals surface area contributed by atoms with E-state index in [4.69, 9.17) is 31.3 Å². The Hall–Kier alpha value is -4.58. The van der Waals surface area contributed by atoms with Gasteiger partial charge in [0.1, 0.15) is 29.8 Å². The molecule has 1 atom stereocenters. The fraction of sp³-hybridized carbons (Fsp3) is 0.333. The van der Waals surface area contributed by atoms with Crippen molar-refractivity contribution >= 4 is 22.6 Å². The third-order valence-corrected chi connectivity index (χ3v) is 8.16. The van der Waals surface area contributed by atoms with Gasteiger partial charge in [-0.2, -0.15) is 23.4 Å². The smallest absolute Gasteiger partial charge is 0.421 e. The third-order valence-electron chi connectivity index (χ3n) is 7.91. The Morgan fingerprint density at radius 3 is 2.69 bits per heavy atom. The first-order chi connectivity index (χ1) is 21.7. The Morgan fingerprint density at radius 2 is 1.98 bits per heavy atom. The van der Waals surface area contributed by atoms with Crippen LogP contribution in [-0.2, 0) is 43.6 Å². The quantitative estimate of drug-likeness (QED) is 0.248. The summed E-state index contributed by atoms with van der Waals surface area (Å²) in [5, 5.41) is 16.2. The summed E-state index contributed by atoms with van der Waals surface area (Å²) in [5.74, 6) is 0.695. The maximum atomic E-state index is 14.0. The van der Waals surface area contributed by atoms with Gasteiger partial charge in [0.25, 0.3) is 5.82 Å². The van der Waals surface area contributed by atoms with Crippen molar-refractivity contribution in [1.29, 1.82) is 5.26 Å². The highest BCUT2D eigenvalue weighted by Gasteiger charge is 2.37. The second-order valence-corrected chi connectivity index (χ2v) is 11.4. The molecule has 2 aliphatic rings. The lowest BCUT2D eigenvalue weighted by Gasteiger charge is -2.30. The number of fused-ring (bicyclic) bond motifs is 2. The van der Waals surface area contributed by atoms with Crippen molar-refractivity contribution in [2.75, 3.05) is 13.2 Å². The molecule has 1 N–H and O–H groups in total. The molecule has 0 saturated carbocycles. The molecule has 1 saturated heterocycles. The molecule has 1 fully saturated rings. The van der Waals surface area contributed by atoms with Crippen LogP contribution in [0.25, 0.3) is 22.6 Å². The van der Waals surface area contributed by atoms with Gasteiger partial charge in [0, 0.05) is 24.7 Å². The number of ether oxygens (including phenoxy) is 2. The molecule has 4 aromatic heterocycles. The molecule has 11 nitrogen and oxygen atoms in total. The molecule has 6 heterocycles. The van der Waals surface area contributed by atoms with Crippen molar-refractivity contribution in [3.05, 3.63) is 81.7 Å². The summed E-state index contributed by atoms with van der Waals surface area (Å²) >= 11 is 5.93. The largest absolute Gasteiger partial charge is 0.472 e. The van der Waals surface area contributed by atoms with Gasteiger partial charge >= 0.3 is 6.18 Å². The number of nitrogens with one attached hydrogen (secondary N) is 1. The standard InChI is InChI=1S/C30H25ClF3N9O2/c31-19-3-1-17(2-4-19)16-45-29-21(30(32,33)34)9-18-5-7-42(14-24(18)38-29)15-27-37-22-10-23(28-39-26(11-35)40-41-28)36-12-25(22)43(27)13-20-6-8-44-20/h1-4,9-10,12,20H,5-8,13-16H2,(H,39,40,41)/t20-/m0/s1. The van der Waals surface area contributed by atoms with Crippen LogP contribution in [0.5, 0.6) is 5.88 Å². The normalized spacial score (nSPS) is 16.7. The highest BCUT2D eigenvalue weighted by atomic mass is 35.5. The zero-order chi connectivity index (χ0) is 31.1. The molecule has 0 unspecified atom stereocenters. The van der Waals surface area contributed by atoms with Crippen LogP contribution in [0, 0.1) is 11.3 Å². The molecule has 0 amide bonds. The van der Waals surface area contributed by atoms with Gasteiger partial charge < -0.3 is 14.0 Å². The maximum absolute atomic E-state index is 14.0. The predicted molar refractivity (Wildman–Crippen MR) is 155 cm³/mol. The predicted octanol–water partition coefficient (Wildman–Crippen LogP) is 5.08. The van der Waals surface area contributed by atoms with Crippen LogP contribution < -0.4 is 4.74 Å². The van der Waals surface area contributed by atoms with Gasteiger partial charge in [-0.25, -0.2) is 9.97 Å². The number of nitrogens with zero attached hydrogens (tertiary/aromatic N) is 8. The highest BCUT2D eigenvalue weighted by Crippen LogP contribution is 2.38. The number of rotatable bonds is 8. The Kier molecular flexibility index (Phi) is 7.60. The summed E-state index contributed by atoms with van der Waals surface area (Å²) in [6.45, 7) is 2.50. The first kappa shape index (κ1) is 29.1. The van der Waals surface area contributed by atoms with E-state index in [1.165, 1.54) is 0 Å². The first-order valence-electron chi connectivity index (χ1n) is 14.2. The number of hydrogen-bond acceptors (Lipinski definition) is 9. The molecule has 2 aliphatic heterocycles. The molecular formula is C30H25ClF3N9O2. The third kappa shape index (κ3) is 6.06. The van der Waals surface area contributed by atoms with Crippen molar-refractivity contribution < 1.29 is 22.6 Å². The van der Waals surface area contributed by atoms with Crippen molar-refractivity contribution in [3.63, 3.8) is 0 Å². The van der Waals surface area contributed by atoms with Crippen LogP contribution in [0.1, 0.15) is 40.5 Å². The average molecular weight is 636 g/mol. The Morgan fingerprint density at radius 1 is 1.16 bits per heavy atom. The van der Waals surface area contributed by atoms with Gasteiger partial charge in [-0.15, -0.1) is 5.10 Å². The molecule has 0 aliphatic carbocycles. The molecule has 230 valence electrons. The van der Waals surface area contributed by atoms with Gasteiger partial charge in [0.05, 0.1) is 42.1 Å². The van der Waals surface area contributed by atoms with Crippen LogP contribution in [0.15, 0.2) is 42.6 Å². The number of pyridine rings is 2.